The molecule has 0 aliphatic heterocycles. The first-order valence-electron chi connectivity index (χ1n) is 5.20. The summed E-state index contributed by atoms with van der Waals surface area (Å²) in [7, 11) is 0. The molecule has 1 rings (SSSR count). The second kappa shape index (κ2) is 5.95. The van der Waals surface area contributed by atoms with Crippen molar-refractivity contribution in [2.75, 3.05) is 6.61 Å². The molecule has 0 N–H and O–H groups in total. The van der Waals surface area contributed by atoms with Gasteiger partial charge in [0.15, 0.2) is 0 Å². The lowest BCUT2D eigenvalue weighted by molar-refractivity contribution is 0.0650. The van der Waals surface area contributed by atoms with Crippen molar-refractivity contribution in [2.24, 2.45) is 0 Å². The van der Waals surface area contributed by atoms with Gasteiger partial charge in [0, 0.05) is 0 Å². The average Bonchev–Trinajstić information content (AvgIpc) is 2.24. The molecule has 3 nitrogen and oxygen atoms in total. The Morgan fingerprint density at radius 2 is 1.88 bits per heavy atom. The zero-order chi connectivity index (χ0) is 12.0. The maximum atomic E-state index is 11.7. The zero-order valence-corrected chi connectivity index (χ0v) is 9.82. The Morgan fingerprint density at radius 3 is 2.44 bits per heavy atom. The first kappa shape index (κ1) is 12.3. The van der Waals surface area contributed by atoms with Crippen molar-refractivity contribution in [1.82, 2.24) is 0 Å². The van der Waals surface area contributed by atoms with Crippen LogP contribution in [0.3, 0.4) is 0 Å². The molecule has 1 aromatic rings. The van der Waals surface area contributed by atoms with Gasteiger partial charge in [-0.25, -0.2) is 4.79 Å². The van der Waals surface area contributed by atoms with Crippen LogP contribution in [0.5, 0.6) is 0 Å². The number of rotatable bonds is 4. The molecule has 0 saturated heterocycles. The van der Waals surface area contributed by atoms with E-state index in [0.29, 0.717) is 12.2 Å². The SMILES string of the molecule is CCO/C=C/OC(=O)c1c(C)cccc1C. The lowest BCUT2D eigenvalue weighted by Crippen LogP contribution is -2.05. The fourth-order valence-electron chi connectivity index (χ4n) is 1.42. The van der Waals surface area contributed by atoms with Crippen LogP contribution in [-0.4, -0.2) is 12.6 Å². The van der Waals surface area contributed by atoms with Crippen LogP contribution in [0.15, 0.2) is 30.7 Å². The van der Waals surface area contributed by atoms with Crippen molar-refractivity contribution in [3.05, 3.63) is 47.4 Å². The van der Waals surface area contributed by atoms with Gasteiger partial charge in [-0.2, -0.15) is 0 Å². The maximum absolute atomic E-state index is 11.7. The van der Waals surface area contributed by atoms with Gasteiger partial charge < -0.3 is 9.47 Å². The van der Waals surface area contributed by atoms with Gasteiger partial charge >= 0.3 is 5.97 Å². The van der Waals surface area contributed by atoms with Gasteiger partial charge in [0.1, 0.15) is 12.5 Å². The molecular formula is C13H16O3. The highest BCUT2D eigenvalue weighted by molar-refractivity contribution is 5.92. The molecule has 16 heavy (non-hydrogen) atoms. The lowest BCUT2D eigenvalue weighted by atomic mass is 10.0. The third-order valence-corrected chi connectivity index (χ3v) is 2.18. The number of carbonyl (C=O) groups excluding carboxylic acids is 1. The first-order chi connectivity index (χ1) is 7.66. The van der Waals surface area contributed by atoms with Crippen molar-refractivity contribution in [1.29, 1.82) is 0 Å². The summed E-state index contributed by atoms with van der Waals surface area (Å²) in [5, 5.41) is 0. The highest BCUT2D eigenvalue weighted by Gasteiger charge is 2.11. The standard InChI is InChI=1S/C13H16O3/c1-4-15-8-9-16-13(14)12-10(2)6-5-7-11(12)3/h5-9H,4H2,1-3H3/b9-8+. The molecule has 3 heteroatoms. The third-order valence-electron chi connectivity index (χ3n) is 2.18. The van der Waals surface area contributed by atoms with Crippen molar-refractivity contribution < 1.29 is 14.3 Å². The second-order valence-corrected chi connectivity index (χ2v) is 3.40. The summed E-state index contributed by atoms with van der Waals surface area (Å²) in [6.45, 7) is 6.18. The molecule has 1 aromatic carbocycles. The minimum absolute atomic E-state index is 0.355. The molecule has 0 atom stereocenters. The minimum Gasteiger partial charge on any atom is -0.498 e. The topological polar surface area (TPSA) is 35.5 Å². The minimum atomic E-state index is -0.355. The van der Waals surface area contributed by atoms with Crippen LogP contribution in [-0.2, 0) is 9.47 Å². The summed E-state index contributed by atoms with van der Waals surface area (Å²) in [6, 6.07) is 5.68. The van der Waals surface area contributed by atoms with Crippen molar-refractivity contribution in [3.63, 3.8) is 0 Å². The van der Waals surface area contributed by atoms with Gasteiger partial charge in [0.2, 0.25) is 0 Å². The smallest absolute Gasteiger partial charge is 0.343 e. The van der Waals surface area contributed by atoms with E-state index in [0.717, 1.165) is 11.1 Å². The molecule has 0 saturated carbocycles. The number of benzene rings is 1. The number of ether oxygens (including phenoxy) is 2. The Balaban J connectivity index is 2.73. The molecule has 0 unspecified atom stereocenters. The summed E-state index contributed by atoms with van der Waals surface area (Å²) >= 11 is 0. The zero-order valence-electron chi connectivity index (χ0n) is 9.82. The number of carbonyl (C=O) groups is 1. The fraction of sp³-hybridized carbons (Fsp3) is 0.308. The Labute approximate surface area is 95.7 Å². The maximum Gasteiger partial charge on any atom is 0.343 e. The molecule has 86 valence electrons. The van der Waals surface area contributed by atoms with E-state index >= 15 is 0 Å². The molecule has 0 amide bonds. The van der Waals surface area contributed by atoms with E-state index in [2.05, 4.69) is 0 Å². The highest BCUT2D eigenvalue weighted by Crippen LogP contribution is 2.14. The van der Waals surface area contributed by atoms with Crippen LogP contribution in [0.25, 0.3) is 0 Å². The Bertz CT molecular complexity index is 374. The average molecular weight is 220 g/mol. The Kier molecular flexibility index (Phi) is 4.58. The molecular weight excluding hydrogens is 204 g/mol. The summed E-state index contributed by atoms with van der Waals surface area (Å²) in [4.78, 5) is 11.7. The van der Waals surface area contributed by atoms with E-state index in [9.17, 15) is 4.79 Å². The first-order valence-corrected chi connectivity index (χ1v) is 5.20. The van der Waals surface area contributed by atoms with E-state index in [1.54, 1.807) is 0 Å². The predicted octanol–water partition coefficient (Wildman–Crippen LogP) is 2.97. The van der Waals surface area contributed by atoms with Crippen molar-refractivity contribution in [2.45, 2.75) is 20.8 Å². The van der Waals surface area contributed by atoms with Gasteiger partial charge in [0.25, 0.3) is 0 Å². The molecule has 0 radical (unpaired) electrons. The van der Waals surface area contributed by atoms with E-state index in [1.807, 2.05) is 39.0 Å². The van der Waals surface area contributed by atoms with Crippen LogP contribution >= 0.6 is 0 Å². The monoisotopic (exact) mass is 220 g/mol. The summed E-state index contributed by atoms with van der Waals surface area (Å²) in [5.41, 5.74) is 2.44. The second-order valence-electron chi connectivity index (χ2n) is 3.40. The molecule has 0 bridgehead atoms. The number of hydrogen-bond acceptors (Lipinski definition) is 3. The highest BCUT2D eigenvalue weighted by atomic mass is 16.5. The number of hydrogen-bond donors (Lipinski definition) is 0. The fourth-order valence-corrected chi connectivity index (χ4v) is 1.42. The summed E-state index contributed by atoms with van der Waals surface area (Å²) < 4.78 is 9.87. The quantitative estimate of drug-likeness (QED) is 0.578. The van der Waals surface area contributed by atoms with Crippen LogP contribution in [0, 0.1) is 13.8 Å². The molecule has 0 aliphatic rings. The molecule has 0 heterocycles. The molecule has 0 aliphatic carbocycles. The lowest BCUT2D eigenvalue weighted by Gasteiger charge is -2.06. The summed E-state index contributed by atoms with van der Waals surface area (Å²) in [6.07, 6.45) is 2.63. The van der Waals surface area contributed by atoms with Gasteiger partial charge in [-0.15, -0.1) is 0 Å². The van der Waals surface area contributed by atoms with Gasteiger partial charge in [0.05, 0.1) is 12.2 Å². The molecule has 0 spiro atoms. The van der Waals surface area contributed by atoms with E-state index in [4.69, 9.17) is 9.47 Å². The van der Waals surface area contributed by atoms with Crippen LogP contribution in [0.4, 0.5) is 0 Å². The summed E-state index contributed by atoms with van der Waals surface area (Å²) in [5.74, 6) is -0.355. The normalized spacial score (nSPS) is 10.4. The van der Waals surface area contributed by atoms with Crippen molar-refractivity contribution in [3.8, 4) is 0 Å². The van der Waals surface area contributed by atoms with E-state index < -0.39 is 0 Å². The van der Waals surface area contributed by atoms with Crippen LogP contribution in [0.1, 0.15) is 28.4 Å². The Hall–Kier alpha value is -1.77. The van der Waals surface area contributed by atoms with Crippen LogP contribution in [0.2, 0.25) is 0 Å². The van der Waals surface area contributed by atoms with Gasteiger partial charge in [-0.3, -0.25) is 0 Å². The van der Waals surface area contributed by atoms with Gasteiger partial charge in [-0.1, -0.05) is 18.2 Å². The van der Waals surface area contributed by atoms with Gasteiger partial charge in [-0.05, 0) is 31.9 Å². The van der Waals surface area contributed by atoms with E-state index in [1.165, 1.54) is 12.5 Å². The van der Waals surface area contributed by atoms with Crippen LogP contribution < -0.4 is 0 Å². The third kappa shape index (κ3) is 3.12. The number of aryl methyl sites for hydroxylation is 2. The van der Waals surface area contributed by atoms with Crippen molar-refractivity contribution >= 4 is 5.97 Å². The van der Waals surface area contributed by atoms with E-state index in [-0.39, 0.29) is 5.97 Å². The predicted molar refractivity (Wildman–Crippen MR) is 62.1 cm³/mol. The largest absolute Gasteiger partial charge is 0.498 e. The number of esters is 1. The molecule has 0 fully saturated rings. The Morgan fingerprint density at radius 1 is 1.25 bits per heavy atom. The molecule has 0 aromatic heterocycles.